The smallest absolute Gasteiger partial charge is 0.287 e. The predicted molar refractivity (Wildman–Crippen MR) is 133 cm³/mol. The van der Waals surface area contributed by atoms with Crippen LogP contribution in [0.1, 0.15) is 79.2 Å². The molecular weight excluding hydrogens is 412 g/mol. The van der Waals surface area contributed by atoms with Gasteiger partial charge >= 0.3 is 0 Å². The van der Waals surface area contributed by atoms with E-state index in [4.69, 9.17) is 4.42 Å². The molecule has 1 aromatic heterocycles. The van der Waals surface area contributed by atoms with Crippen LogP contribution < -0.4 is 10.7 Å². The molecule has 0 aliphatic carbocycles. The van der Waals surface area contributed by atoms with Gasteiger partial charge in [0.25, 0.3) is 5.91 Å². The van der Waals surface area contributed by atoms with Crippen LogP contribution in [0, 0.1) is 0 Å². The minimum absolute atomic E-state index is 0.0595. The van der Waals surface area contributed by atoms with Gasteiger partial charge in [0.1, 0.15) is 5.58 Å². The number of rotatable bonds is 7. The minimum atomic E-state index is -0.352. The lowest BCUT2D eigenvalue weighted by Crippen LogP contribution is -2.40. The molecule has 2 aromatic carbocycles. The molecule has 1 aliphatic rings. The second kappa shape index (κ2) is 10.3. The summed E-state index contributed by atoms with van der Waals surface area (Å²) in [7, 11) is 0. The minimum Gasteiger partial charge on any atom is -0.451 e. The molecule has 1 unspecified atom stereocenters. The van der Waals surface area contributed by atoms with Crippen LogP contribution in [-0.4, -0.2) is 30.4 Å². The Bertz CT molecular complexity index is 1160. The Morgan fingerprint density at radius 1 is 1.00 bits per heavy atom. The number of nitrogens with zero attached hydrogens (tertiary/aromatic N) is 1. The van der Waals surface area contributed by atoms with Crippen LogP contribution in [0.15, 0.2) is 57.7 Å². The Kier molecular flexibility index (Phi) is 7.29. The standard InChI is InChI=1S/C28H34N2O3/c1-4-20-8-13-26-23(16-20)25(31)17-27(33-26)28(32)29-18-24(30-14-6-5-7-15-30)22-11-9-21(10-12-22)19(2)3/h8-13,16-17,19,24H,4-7,14-15,18H2,1-3H3,(H,29,32). The fourth-order valence-electron chi connectivity index (χ4n) is 4.60. The monoisotopic (exact) mass is 446 g/mol. The van der Waals surface area contributed by atoms with Gasteiger partial charge in [0.05, 0.1) is 11.4 Å². The maximum atomic E-state index is 13.0. The van der Waals surface area contributed by atoms with Crippen molar-refractivity contribution < 1.29 is 9.21 Å². The van der Waals surface area contributed by atoms with Crippen molar-refractivity contribution in [3.05, 3.63) is 81.2 Å². The number of nitrogens with one attached hydrogen (secondary N) is 1. The lowest BCUT2D eigenvalue weighted by atomic mass is 9.97. The molecule has 0 saturated carbocycles. The highest BCUT2D eigenvalue weighted by Crippen LogP contribution is 2.26. The van der Waals surface area contributed by atoms with Gasteiger partial charge < -0.3 is 9.73 Å². The van der Waals surface area contributed by atoms with Gasteiger partial charge in [0, 0.05) is 12.6 Å². The van der Waals surface area contributed by atoms with E-state index in [0.717, 1.165) is 25.1 Å². The summed E-state index contributed by atoms with van der Waals surface area (Å²) in [6.07, 6.45) is 4.44. The number of fused-ring (bicyclic) bond motifs is 1. The van der Waals surface area contributed by atoms with Crippen molar-refractivity contribution in [2.24, 2.45) is 0 Å². The Hall–Kier alpha value is -2.92. The summed E-state index contributed by atoms with van der Waals surface area (Å²) in [6.45, 7) is 8.94. The molecule has 1 atom stereocenters. The average molecular weight is 447 g/mol. The predicted octanol–water partition coefficient (Wildman–Crippen LogP) is 5.44. The van der Waals surface area contributed by atoms with Crippen LogP contribution in [0.25, 0.3) is 11.0 Å². The van der Waals surface area contributed by atoms with E-state index in [1.165, 1.54) is 36.5 Å². The quantitative estimate of drug-likeness (QED) is 0.525. The molecule has 1 aliphatic heterocycles. The highest BCUT2D eigenvalue weighted by Gasteiger charge is 2.24. The Labute approximate surface area is 195 Å². The maximum absolute atomic E-state index is 13.0. The summed E-state index contributed by atoms with van der Waals surface area (Å²) >= 11 is 0. The van der Waals surface area contributed by atoms with E-state index in [9.17, 15) is 9.59 Å². The van der Waals surface area contributed by atoms with E-state index in [-0.39, 0.29) is 23.1 Å². The molecule has 1 N–H and O–H groups in total. The van der Waals surface area contributed by atoms with E-state index >= 15 is 0 Å². The van der Waals surface area contributed by atoms with Gasteiger partial charge in [-0.25, -0.2) is 0 Å². The van der Waals surface area contributed by atoms with Crippen LogP contribution in [0.2, 0.25) is 0 Å². The van der Waals surface area contributed by atoms with Gasteiger partial charge in [-0.3, -0.25) is 14.5 Å². The summed E-state index contributed by atoms with van der Waals surface area (Å²) in [5.74, 6) is 0.190. The molecule has 4 rings (SSSR count). The molecule has 0 radical (unpaired) electrons. The number of carbonyl (C=O) groups is 1. The largest absolute Gasteiger partial charge is 0.451 e. The van der Waals surface area contributed by atoms with Crippen LogP contribution in [0.3, 0.4) is 0 Å². The first-order valence-electron chi connectivity index (χ1n) is 12.1. The SMILES string of the molecule is CCc1ccc2oc(C(=O)NCC(c3ccc(C(C)C)cc3)N3CCCCC3)cc(=O)c2c1. The van der Waals surface area contributed by atoms with Gasteiger partial charge in [0.15, 0.2) is 11.2 Å². The second-order valence-corrected chi connectivity index (χ2v) is 9.30. The van der Waals surface area contributed by atoms with Crippen LogP contribution in [-0.2, 0) is 6.42 Å². The summed E-state index contributed by atoms with van der Waals surface area (Å²) in [4.78, 5) is 28.0. The van der Waals surface area contributed by atoms with Gasteiger partial charge in [-0.05, 0) is 67.1 Å². The molecule has 1 saturated heterocycles. The summed E-state index contributed by atoms with van der Waals surface area (Å²) in [6, 6.07) is 15.7. The molecule has 1 amide bonds. The van der Waals surface area contributed by atoms with Crippen molar-refractivity contribution in [3.63, 3.8) is 0 Å². The topological polar surface area (TPSA) is 62.6 Å². The molecule has 174 valence electrons. The average Bonchev–Trinajstić information content (AvgIpc) is 2.84. The van der Waals surface area contributed by atoms with Crippen molar-refractivity contribution in [3.8, 4) is 0 Å². The zero-order chi connectivity index (χ0) is 23.4. The molecule has 0 spiro atoms. The van der Waals surface area contributed by atoms with Crippen molar-refractivity contribution in [2.45, 2.75) is 58.4 Å². The van der Waals surface area contributed by atoms with Gasteiger partial charge in [-0.2, -0.15) is 0 Å². The van der Waals surface area contributed by atoms with Gasteiger partial charge in [0.2, 0.25) is 0 Å². The van der Waals surface area contributed by atoms with Crippen molar-refractivity contribution >= 4 is 16.9 Å². The highest BCUT2D eigenvalue weighted by molar-refractivity contribution is 5.93. The van der Waals surface area contributed by atoms with Crippen molar-refractivity contribution in [2.75, 3.05) is 19.6 Å². The van der Waals surface area contributed by atoms with Gasteiger partial charge in [-0.1, -0.05) is 57.5 Å². The van der Waals surface area contributed by atoms with E-state index in [1.807, 2.05) is 19.1 Å². The molecular formula is C28H34N2O3. The molecule has 33 heavy (non-hydrogen) atoms. The third-order valence-electron chi connectivity index (χ3n) is 6.70. The third-order valence-corrected chi connectivity index (χ3v) is 6.70. The number of likely N-dealkylation sites (tertiary alicyclic amines) is 1. The number of piperidine rings is 1. The van der Waals surface area contributed by atoms with E-state index in [1.54, 1.807) is 6.07 Å². The summed E-state index contributed by atoms with van der Waals surface area (Å²) in [5.41, 5.74) is 3.84. The van der Waals surface area contributed by atoms with Crippen molar-refractivity contribution in [1.29, 1.82) is 0 Å². The molecule has 5 nitrogen and oxygen atoms in total. The van der Waals surface area contributed by atoms with Crippen LogP contribution in [0.4, 0.5) is 0 Å². The number of amides is 1. The zero-order valence-corrected chi connectivity index (χ0v) is 19.9. The zero-order valence-electron chi connectivity index (χ0n) is 19.9. The van der Waals surface area contributed by atoms with Crippen LogP contribution in [0.5, 0.6) is 0 Å². The Morgan fingerprint density at radius 3 is 2.36 bits per heavy atom. The second-order valence-electron chi connectivity index (χ2n) is 9.30. The Morgan fingerprint density at radius 2 is 1.70 bits per heavy atom. The number of hydrogen-bond acceptors (Lipinski definition) is 4. The maximum Gasteiger partial charge on any atom is 0.287 e. The summed E-state index contributed by atoms with van der Waals surface area (Å²) in [5, 5.41) is 3.55. The first-order chi connectivity index (χ1) is 16.0. The third kappa shape index (κ3) is 5.36. The first-order valence-corrected chi connectivity index (χ1v) is 12.1. The Balaban J connectivity index is 1.54. The van der Waals surface area contributed by atoms with Crippen molar-refractivity contribution in [1.82, 2.24) is 10.2 Å². The first kappa shape index (κ1) is 23.2. The lowest BCUT2D eigenvalue weighted by Gasteiger charge is -2.35. The normalized spacial score (nSPS) is 15.6. The molecule has 5 heteroatoms. The molecule has 0 bridgehead atoms. The fraction of sp³-hybridized carbons (Fsp3) is 0.429. The molecule has 1 fully saturated rings. The number of carbonyl (C=O) groups excluding carboxylic acids is 1. The highest BCUT2D eigenvalue weighted by atomic mass is 16.3. The molecule has 2 heterocycles. The van der Waals surface area contributed by atoms with E-state index < -0.39 is 0 Å². The number of hydrogen-bond donors (Lipinski definition) is 1. The lowest BCUT2D eigenvalue weighted by molar-refractivity contribution is 0.0897. The molecule has 3 aromatic rings. The summed E-state index contributed by atoms with van der Waals surface area (Å²) < 4.78 is 5.80. The van der Waals surface area contributed by atoms with E-state index in [0.29, 0.717) is 23.4 Å². The van der Waals surface area contributed by atoms with Gasteiger partial charge in [-0.15, -0.1) is 0 Å². The van der Waals surface area contributed by atoms with E-state index in [2.05, 4.69) is 48.3 Å². The van der Waals surface area contributed by atoms with Crippen LogP contribution >= 0.6 is 0 Å². The number of benzene rings is 2. The fourth-order valence-corrected chi connectivity index (χ4v) is 4.60. The number of aryl methyl sites for hydroxylation is 1.